The van der Waals surface area contributed by atoms with E-state index in [0.29, 0.717) is 11.5 Å². The molecule has 0 saturated carbocycles. The van der Waals surface area contributed by atoms with Gasteiger partial charge in [-0.05, 0) is 52.9 Å². The van der Waals surface area contributed by atoms with E-state index >= 15 is 0 Å². The third-order valence-electron chi connectivity index (χ3n) is 1.96. The molecule has 0 spiro atoms. The number of hydrogen-bond acceptors (Lipinski definition) is 3. The van der Waals surface area contributed by atoms with Crippen LogP contribution in [-0.2, 0) is 0 Å². The summed E-state index contributed by atoms with van der Waals surface area (Å²) in [4.78, 5) is 4.14. The smallest absolute Gasteiger partial charge is 0.142 e. The Hall–Kier alpha value is -1.61. The first-order chi connectivity index (χ1) is 7.78. The summed E-state index contributed by atoms with van der Waals surface area (Å²) in [6.07, 6.45) is 0. The summed E-state index contributed by atoms with van der Waals surface area (Å²) < 4.78 is 1.15. The van der Waals surface area contributed by atoms with Gasteiger partial charge in [-0.15, -0.1) is 0 Å². The maximum atomic E-state index is 8.73. The minimum Gasteiger partial charge on any atom is -0.340 e. The Bertz CT molecular complexity index is 546. The molecule has 0 saturated heterocycles. The van der Waals surface area contributed by atoms with Crippen molar-refractivity contribution in [3.8, 4) is 6.07 Å². The topological polar surface area (TPSA) is 48.7 Å². The molecule has 3 nitrogen and oxygen atoms in total. The summed E-state index contributed by atoms with van der Waals surface area (Å²) in [6.45, 7) is 0. The van der Waals surface area contributed by atoms with Crippen molar-refractivity contribution in [3.63, 3.8) is 0 Å². The zero-order valence-electron chi connectivity index (χ0n) is 8.31. The third-order valence-corrected chi connectivity index (χ3v) is 2.63. The van der Waals surface area contributed by atoms with E-state index in [4.69, 9.17) is 5.26 Å². The van der Waals surface area contributed by atoms with E-state index in [1.54, 1.807) is 6.07 Å². The molecule has 0 bridgehead atoms. The van der Waals surface area contributed by atoms with Crippen LogP contribution in [-0.4, -0.2) is 4.98 Å². The predicted molar refractivity (Wildman–Crippen MR) is 71.4 cm³/mol. The van der Waals surface area contributed by atoms with Crippen LogP contribution < -0.4 is 5.32 Å². The minimum atomic E-state index is 0.413. The van der Waals surface area contributed by atoms with Gasteiger partial charge in [-0.2, -0.15) is 5.26 Å². The second-order valence-electron chi connectivity index (χ2n) is 3.16. The lowest BCUT2D eigenvalue weighted by atomic mass is 10.3. The van der Waals surface area contributed by atoms with E-state index in [9.17, 15) is 0 Å². The molecule has 0 aliphatic carbocycles. The van der Waals surface area contributed by atoms with E-state index in [2.05, 4.69) is 32.9 Å². The number of halogens is 1. The molecule has 0 amide bonds. The lowest BCUT2D eigenvalue weighted by Crippen LogP contribution is -1.94. The van der Waals surface area contributed by atoms with Crippen LogP contribution in [0, 0.1) is 14.9 Å². The first kappa shape index (κ1) is 10.9. The van der Waals surface area contributed by atoms with Gasteiger partial charge in [0.15, 0.2) is 0 Å². The second kappa shape index (κ2) is 4.94. The fourth-order valence-electron chi connectivity index (χ4n) is 1.28. The number of benzene rings is 1. The van der Waals surface area contributed by atoms with Crippen LogP contribution in [0.5, 0.6) is 0 Å². The number of nitrogens with zero attached hydrogens (tertiary/aromatic N) is 2. The van der Waals surface area contributed by atoms with E-state index in [0.717, 1.165) is 9.26 Å². The van der Waals surface area contributed by atoms with Crippen LogP contribution in [0.25, 0.3) is 0 Å². The average molecular weight is 321 g/mol. The molecule has 2 aromatic rings. The zero-order chi connectivity index (χ0) is 11.4. The minimum absolute atomic E-state index is 0.413. The van der Waals surface area contributed by atoms with E-state index in [1.807, 2.05) is 42.5 Å². The Morgan fingerprint density at radius 3 is 2.75 bits per heavy atom. The van der Waals surface area contributed by atoms with Crippen LogP contribution in [0.3, 0.4) is 0 Å². The lowest BCUT2D eigenvalue weighted by Gasteiger charge is -2.05. The summed E-state index contributed by atoms with van der Waals surface area (Å²) in [5.41, 5.74) is 1.38. The first-order valence-corrected chi connectivity index (χ1v) is 5.75. The Kier molecular flexibility index (Phi) is 3.37. The van der Waals surface area contributed by atoms with Crippen molar-refractivity contribution >= 4 is 34.1 Å². The zero-order valence-corrected chi connectivity index (χ0v) is 10.5. The molecular weight excluding hydrogens is 313 g/mol. The number of aromatic nitrogens is 1. The van der Waals surface area contributed by atoms with Gasteiger partial charge >= 0.3 is 0 Å². The van der Waals surface area contributed by atoms with Gasteiger partial charge in [0.2, 0.25) is 0 Å². The van der Waals surface area contributed by atoms with Gasteiger partial charge in [0.25, 0.3) is 0 Å². The molecule has 78 valence electrons. The largest absolute Gasteiger partial charge is 0.340 e. The van der Waals surface area contributed by atoms with Crippen molar-refractivity contribution in [2.75, 3.05) is 5.32 Å². The van der Waals surface area contributed by atoms with Gasteiger partial charge in [0, 0.05) is 9.26 Å². The van der Waals surface area contributed by atoms with Crippen molar-refractivity contribution in [2.45, 2.75) is 0 Å². The highest BCUT2D eigenvalue weighted by atomic mass is 127. The lowest BCUT2D eigenvalue weighted by molar-refractivity contribution is 1.25. The van der Waals surface area contributed by atoms with Gasteiger partial charge in [-0.1, -0.05) is 12.1 Å². The van der Waals surface area contributed by atoms with Gasteiger partial charge < -0.3 is 5.32 Å². The fourth-order valence-corrected chi connectivity index (χ4v) is 1.82. The first-order valence-electron chi connectivity index (χ1n) is 4.68. The molecule has 2 rings (SSSR count). The highest BCUT2D eigenvalue weighted by Gasteiger charge is 1.98. The molecule has 0 radical (unpaired) electrons. The Balaban J connectivity index is 2.24. The maximum Gasteiger partial charge on any atom is 0.142 e. The molecule has 1 aromatic heterocycles. The standard InChI is InChI=1S/C12H8IN3/c13-9-3-1-4-10(7-9)15-12-6-2-5-11(8-14)16-12/h1-7H,(H,15,16). The van der Waals surface area contributed by atoms with Gasteiger partial charge in [0.1, 0.15) is 17.6 Å². The molecule has 0 atom stereocenters. The highest BCUT2D eigenvalue weighted by molar-refractivity contribution is 14.1. The number of nitriles is 1. The summed E-state index contributed by atoms with van der Waals surface area (Å²) in [5.74, 6) is 0.682. The molecule has 0 aliphatic rings. The van der Waals surface area contributed by atoms with Gasteiger partial charge in [0.05, 0.1) is 0 Å². The molecule has 0 aliphatic heterocycles. The van der Waals surface area contributed by atoms with Crippen LogP contribution in [0.1, 0.15) is 5.69 Å². The normalized spacial score (nSPS) is 9.50. The predicted octanol–water partition coefficient (Wildman–Crippen LogP) is 3.30. The van der Waals surface area contributed by atoms with E-state index in [-0.39, 0.29) is 0 Å². The van der Waals surface area contributed by atoms with Gasteiger partial charge in [-0.25, -0.2) is 4.98 Å². The van der Waals surface area contributed by atoms with Crippen molar-refractivity contribution in [1.82, 2.24) is 4.98 Å². The summed E-state index contributed by atoms with van der Waals surface area (Å²) in [7, 11) is 0. The molecule has 1 heterocycles. The number of hydrogen-bond donors (Lipinski definition) is 1. The fraction of sp³-hybridized carbons (Fsp3) is 0. The van der Waals surface area contributed by atoms with Gasteiger partial charge in [-0.3, -0.25) is 0 Å². The Labute approximate surface area is 107 Å². The molecule has 1 aromatic carbocycles. The molecule has 4 heteroatoms. The monoisotopic (exact) mass is 321 g/mol. The Morgan fingerprint density at radius 1 is 1.19 bits per heavy atom. The number of rotatable bonds is 2. The summed E-state index contributed by atoms with van der Waals surface area (Å²) >= 11 is 2.25. The van der Waals surface area contributed by atoms with Crippen molar-refractivity contribution < 1.29 is 0 Å². The number of nitrogens with one attached hydrogen (secondary N) is 1. The van der Waals surface area contributed by atoms with Crippen molar-refractivity contribution in [2.24, 2.45) is 0 Å². The number of pyridine rings is 1. The van der Waals surface area contributed by atoms with Crippen molar-refractivity contribution in [3.05, 3.63) is 51.7 Å². The van der Waals surface area contributed by atoms with Crippen molar-refractivity contribution in [1.29, 1.82) is 5.26 Å². The molecular formula is C12H8IN3. The SMILES string of the molecule is N#Cc1cccc(Nc2cccc(I)c2)n1. The van der Waals surface area contributed by atoms with Crippen LogP contribution in [0.4, 0.5) is 11.5 Å². The molecule has 16 heavy (non-hydrogen) atoms. The summed E-state index contributed by atoms with van der Waals surface area (Å²) in [5, 5.41) is 11.9. The van der Waals surface area contributed by atoms with Crippen LogP contribution in [0.15, 0.2) is 42.5 Å². The number of anilines is 2. The second-order valence-corrected chi connectivity index (χ2v) is 4.40. The summed E-state index contributed by atoms with van der Waals surface area (Å²) in [6, 6.07) is 15.3. The van der Waals surface area contributed by atoms with Crippen LogP contribution >= 0.6 is 22.6 Å². The molecule has 1 N–H and O–H groups in total. The third kappa shape index (κ3) is 2.70. The molecule has 0 fully saturated rings. The quantitative estimate of drug-likeness (QED) is 0.864. The van der Waals surface area contributed by atoms with E-state index < -0.39 is 0 Å². The molecule has 0 unspecified atom stereocenters. The average Bonchev–Trinajstić information content (AvgIpc) is 2.29. The van der Waals surface area contributed by atoms with Crippen LogP contribution in [0.2, 0.25) is 0 Å². The van der Waals surface area contributed by atoms with E-state index in [1.165, 1.54) is 0 Å². The Morgan fingerprint density at radius 2 is 2.00 bits per heavy atom. The highest BCUT2D eigenvalue weighted by Crippen LogP contribution is 2.17. The maximum absolute atomic E-state index is 8.73.